The van der Waals surface area contributed by atoms with Gasteiger partial charge in [-0.3, -0.25) is 9.52 Å². The Morgan fingerprint density at radius 3 is 2.70 bits per heavy atom. The van der Waals surface area contributed by atoms with Crippen LogP contribution in [0.1, 0.15) is 10.4 Å². The van der Waals surface area contributed by atoms with Crippen molar-refractivity contribution >= 4 is 45.6 Å². The van der Waals surface area contributed by atoms with Crippen LogP contribution in [0, 0.1) is 5.92 Å². The molecule has 2 atom stereocenters. The number of carbonyl (C=O) groups is 1. The average Bonchev–Trinajstić information content (AvgIpc) is 2.82. The van der Waals surface area contributed by atoms with E-state index in [9.17, 15) is 18.3 Å². The summed E-state index contributed by atoms with van der Waals surface area (Å²) in [5.41, 5.74) is 0.299. The van der Waals surface area contributed by atoms with Crippen molar-refractivity contribution in [2.24, 2.45) is 5.92 Å². The molecule has 1 heterocycles. The van der Waals surface area contributed by atoms with Crippen molar-refractivity contribution < 1.29 is 18.3 Å². The van der Waals surface area contributed by atoms with Crippen LogP contribution in [0.4, 0.5) is 5.69 Å². The van der Waals surface area contributed by atoms with Gasteiger partial charge in [-0.25, -0.2) is 8.42 Å². The maximum absolute atomic E-state index is 12.3. The van der Waals surface area contributed by atoms with Crippen LogP contribution in [0.2, 0.25) is 5.02 Å². The fraction of sp³-hybridized carbons (Fsp3) is 0.462. The molecule has 0 bridgehead atoms. The molecule has 0 radical (unpaired) electrons. The molecule has 1 aliphatic rings. The monoisotopic (exact) mass is 383 g/mol. The van der Waals surface area contributed by atoms with Gasteiger partial charge in [-0.15, -0.1) is 12.4 Å². The number of hydrogen-bond donors (Lipinski definition) is 4. The third-order valence-electron chi connectivity index (χ3n) is 3.35. The average molecular weight is 384 g/mol. The van der Waals surface area contributed by atoms with E-state index in [2.05, 4.69) is 15.4 Å². The Kier molecular flexibility index (Phi) is 7.09. The number of carbonyl (C=O) groups excluding carboxylic acids is 1. The minimum absolute atomic E-state index is 0. The van der Waals surface area contributed by atoms with Crippen LogP contribution >= 0.6 is 24.0 Å². The first kappa shape index (κ1) is 20.0. The first-order valence-corrected chi connectivity index (χ1v) is 8.97. The molecule has 7 nitrogen and oxygen atoms in total. The summed E-state index contributed by atoms with van der Waals surface area (Å²) in [5, 5.41) is 15.7. The van der Waals surface area contributed by atoms with Crippen molar-refractivity contribution in [3.63, 3.8) is 0 Å². The second-order valence-electron chi connectivity index (χ2n) is 5.26. The minimum atomic E-state index is -3.51. The Morgan fingerprint density at radius 1 is 1.43 bits per heavy atom. The fourth-order valence-corrected chi connectivity index (χ4v) is 2.99. The summed E-state index contributed by atoms with van der Waals surface area (Å²) in [6.07, 6.45) is 0.498. The van der Waals surface area contributed by atoms with Gasteiger partial charge in [-0.1, -0.05) is 11.6 Å². The largest absolute Gasteiger partial charge is 0.391 e. The van der Waals surface area contributed by atoms with Crippen LogP contribution in [-0.2, 0) is 10.0 Å². The number of aliphatic hydroxyl groups excluding tert-OH is 1. The highest BCUT2D eigenvalue weighted by Crippen LogP contribution is 2.21. The fourth-order valence-electron chi connectivity index (χ4n) is 2.24. The molecule has 1 aromatic rings. The molecule has 10 heteroatoms. The number of sulfonamides is 1. The van der Waals surface area contributed by atoms with E-state index < -0.39 is 22.0 Å². The Bertz CT molecular complexity index is 669. The van der Waals surface area contributed by atoms with Gasteiger partial charge in [-0.2, -0.15) is 0 Å². The van der Waals surface area contributed by atoms with Gasteiger partial charge in [0, 0.05) is 30.6 Å². The summed E-state index contributed by atoms with van der Waals surface area (Å²) in [6, 6.07) is 4.33. The maximum Gasteiger partial charge on any atom is 0.253 e. The van der Waals surface area contributed by atoms with E-state index in [1.165, 1.54) is 18.2 Å². The zero-order chi connectivity index (χ0) is 16.3. The van der Waals surface area contributed by atoms with Gasteiger partial charge in [0.25, 0.3) is 5.91 Å². The summed E-state index contributed by atoms with van der Waals surface area (Å²) >= 11 is 5.88. The molecule has 23 heavy (non-hydrogen) atoms. The second-order valence-corrected chi connectivity index (χ2v) is 7.44. The smallest absolute Gasteiger partial charge is 0.253 e. The SMILES string of the molecule is CS(=O)(=O)Nc1ccc(Cl)cc1C(=O)NCC1CNCC1O.Cl. The predicted octanol–water partition coefficient (Wildman–Crippen LogP) is 0.443. The summed E-state index contributed by atoms with van der Waals surface area (Å²) in [7, 11) is -3.51. The van der Waals surface area contributed by atoms with Crippen LogP contribution in [0.3, 0.4) is 0 Å². The van der Waals surface area contributed by atoms with Crippen LogP contribution < -0.4 is 15.4 Å². The van der Waals surface area contributed by atoms with Gasteiger partial charge in [0.1, 0.15) is 0 Å². The molecule has 0 saturated carbocycles. The van der Waals surface area contributed by atoms with Crippen molar-refractivity contribution in [3.8, 4) is 0 Å². The lowest BCUT2D eigenvalue weighted by Crippen LogP contribution is -2.34. The molecule has 130 valence electrons. The molecular formula is C13H19Cl2N3O4S. The molecule has 4 N–H and O–H groups in total. The molecule has 2 unspecified atom stereocenters. The van der Waals surface area contributed by atoms with Gasteiger partial charge < -0.3 is 15.7 Å². The normalized spacial score (nSPS) is 20.7. The number of aliphatic hydroxyl groups is 1. The predicted molar refractivity (Wildman–Crippen MR) is 91.9 cm³/mol. The van der Waals surface area contributed by atoms with Crippen molar-refractivity contribution in [3.05, 3.63) is 28.8 Å². The van der Waals surface area contributed by atoms with Crippen molar-refractivity contribution in [2.45, 2.75) is 6.10 Å². The molecule has 1 aliphatic heterocycles. The highest BCUT2D eigenvalue weighted by Gasteiger charge is 2.25. The van der Waals surface area contributed by atoms with Crippen LogP contribution in [0.15, 0.2) is 18.2 Å². The third-order valence-corrected chi connectivity index (χ3v) is 4.18. The Labute approximate surface area is 146 Å². The number of rotatable bonds is 5. The molecule has 0 aliphatic carbocycles. The lowest BCUT2D eigenvalue weighted by atomic mass is 10.1. The quantitative estimate of drug-likeness (QED) is 0.590. The van der Waals surface area contributed by atoms with Gasteiger partial charge in [0.2, 0.25) is 10.0 Å². The van der Waals surface area contributed by atoms with Crippen molar-refractivity contribution in [2.75, 3.05) is 30.6 Å². The van der Waals surface area contributed by atoms with Crippen LogP contribution in [-0.4, -0.2) is 51.4 Å². The Balaban J connectivity index is 0.00000264. The number of hydrogen-bond acceptors (Lipinski definition) is 5. The summed E-state index contributed by atoms with van der Waals surface area (Å²) in [6.45, 7) is 1.40. The van der Waals surface area contributed by atoms with Gasteiger partial charge in [0.15, 0.2) is 0 Å². The van der Waals surface area contributed by atoms with Crippen molar-refractivity contribution in [1.82, 2.24) is 10.6 Å². The molecule has 2 rings (SSSR count). The van der Waals surface area contributed by atoms with Crippen LogP contribution in [0.5, 0.6) is 0 Å². The molecule has 1 saturated heterocycles. The van der Waals surface area contributed by atoms with Gasteiger partial charge >= 0.3 is 0 Å². The number of halogens is 2. The number of nitrogens with one attached hydrogen (secondary N) is 3. The van der Waals surface area contributed by atoms with Gasteiger partial charge in [0.05, 0.1) is 23.6 Å². The van der Waals surface area contributed by atoms with E-state index in [0.717, 1.165) is 6.26 Å². The first-order valence-electron chi connectivity index (χ1n) is 6.70. The Hall–Kier alpha value is -1.06. The number of amides is 1. The zero-order valence-corrected chi connectivity index (χ0v) is 14.8. The topological polar surface area (TPSA) is 108 Å². The summed E-state index contributed by atoms with van der Waals surface area (Å²) in [4.78, 5) is 12.3. The summed E-state index contributed by atoms with van der Waals surface area (Å²) < 4.78 is 25.0. The highest BCUT2D eigenvalue weighted by molar-refractivity contribution is 7.92. The molecule has 0 spiro atoms. The molecule has 0 aromatic heterocycles. The number of anilines is 1. The van der Waals surface area contributed by atoms with Crippen LogP contribution in [0.25, 0.3) is 0 Å². The Morgan fingerprint density at radius 2 is 2.13 bits per heavy atom. The van der Waals surface area contributed by atoms with E-state index in [1.807, 2.05) is 0 Å². The molecular weight excluding hydrogens is 365 g/mol. The van der Waals surface area contributed by atoms with Gasteiger partial charge in [-0.05, 0) is 18.2 Å². The maximum atomic E-state index is 12.3. The molecule has 1 amide bonds. The lowest BCUT2D eigenvalue weighted by Gasteiger charge is -2.16. The minimum Gasteiger partial charge on any atom is -0.391 e. The first-order chi connectivity index (χ1) is 10.3. The van der Waals surface area contributed by atoms with E-state index in [4.69, 9.17) is 11.6 Å². The van der Waals surface area contributed by atoms with Crippen molar-refractivity contribution in [1.29, 1.82) is 0 Å². The third kappa shape index (κ3) is 5.82. The molecule has 1 fully saturated rings. The standard InChI is InChI=1S/C13H18ClN3O4S.ClH/c1-22(20,21)17-11-3-2-9(14)4-10(11)13(19)16-6-8-5-15-7-12(8)18;/h2-4,8,12,15,17-18H,5-7H2,1H3,(H,16,19);1H. The van der Waals surface area contributed by atoms with E-state index >= 15 is 0 Å². The zero-order valence-electron chi connectivity index (χ0n) is 12.4. The lowest BCUT2D eigenvalue weighted by molar-refractivity contribution is 0.0928. The highest BCUT2D eigenvalue weighted by atomic mass is 35.5. The summed E-state index contributed by atoms with van der Waals surface area (Å²) in [5.74, 6) is -0.526. The second kappa shape index (κ2) is 8.16. The number of β-amino-alcohol motifs (C(OH)–C–C–N with tert-alkyl or cyclic N) is 1. The molecule has 1 aromatic carbocycles. The van der Waals surface area contributed by atoms with E-state index in [0.29, 0.717) is 18.1 Å². The van der Waals surface area contributed by atoms with E-state index in [-0.39, 0.29) is 36.1 Å². The van der Waals surface area contributed by atoms with E-state index in [1.54, 1.807) is 0 Å². The number of benzene rings is 1.